The van der Waals surface area contributed by atoms with Crippen LogP contribution in [0.15, 0.2) is 134 Å². The van der Waals surface area contributed by atoms with Crippen molar-refractivity contribution in [1.82, 2.24) is 0 Å². The first-order valence-electron chi connectivity index (χ1n) is 19.3. The van der Waals surface area contributed by atoms with Crippen LogP contribution in [0.1, 0.15) is 61.8 Å². The van der Waals surface area contributed by atoms with E-state index >= 15 is 0 Å². The number of para-hydroxylation sites is 4. The van der Waals surface area contributed by atoms with Gasteiger partial charge in [-0.25, -0.2) is 0 Å². The summed E-state index contributed by atoms with van der Waals surface area (Å²) in [4.78, 5) is 49.8. The molecule has 4 aromatic rings. The summed E-state index contributed by atoms with van der Waals surface area (Å²) in [6.45, 7) is 12.0. The minimum Gasteiger partial charge on any atom is -0.489 e. The first-order chi connectivity index (χ1) is 28.1. The standard InChI is InChI=1S/C48H52O10/c1-35(2)33-55-45(49)27-23-39-17-7-11-21-43(39)57-47(51)29-25-37-15-5-9-19-41(37)53-31-13-14-32-54-42-20-10-6-16-38(42)26-30-48(52)58-44-22-12-8-18-40(44)24-28-46(50)56-34-36(3)4/h5-22H,1,3,23-34H2,2,4H3/b14-13+. The van der Waals surface area contributed by atoms with E-state index in [1.807, 2.05) is 84.9 Å². The highest BCUT2D eigenvalue weighted by atomic mass is 16.5. The van der Waals surface area contributed by atoms with Crippen LogP contribution in [0, 0.1) is 0 Å². The van der Waals surface area contributed by atoms with Crippen molar-refractivity contribution < 1.29 is 47.6 Å². The second kappa shape index (κ2) is 24.3. The molecular formula is C48H52O10. The zero-order valence-electron chi connectivity index (χ0n) is 33.4. The lowest BCUT2D eigenvalue weighted by Gasteiger charge is -2.12. The molecule has 0 aliphatic rings. The van der Waals surface area contributed by atoms with Gasteiger partial charge in [0.05, 0.1) is 12.8 Å². The highest BCUT2D eigenvalue weighted by Crippen LogP contribution is 2.25. The number of esters is 4. The number of carbonyl (C=O) groups excluding carboxylic acids is 4. The molecule has 0 heterocycles. The summed E-state index contributed by atoms with van der Waals surface area (Å²) in [5, 5.41) is 0. The third kappa shape index (κ3) is 16.4. The normalized spacial score (nSPS) is 10.7. The number of hydrogen-bond donors (Lipinski definition) is 0. The predicted octanol–water partition coefficient (Wildman–Crippen LogP) is 8.88. The first kappa shape index (κ1) is 44.3. The number of benzene rings is 4. The van der Waals surface area contributed by atoms with Gasteiger partial charge in [-0.15, -0.1) is 0 Å². The van der Waals surface area contributed by atoms with Crippen LogP contribution in [0.2, 0.25) is 0 Å². The van der Waals surface area contributed by atoms with E-state index in [1.54, 1.807) is 38.1 Å². The van der Waals surface area contributed by atoms with Crippen LogP contribution in [0.4, 0.5) is 0 Å². The minimum absolute atomic E-state index is 0.137. The van der Waals surface area contributed by atoms with E-state index in [1.165, 1.54) is 0 Å². The van der Waals surface area contributed by atoms with E-state index in [4.69, 9.17) is 28.4 Å². The van der Waals surface area contributed by atoms with Gasteiger partial charge in [0.15, 0.2) is 0 Å². The van der Waals surface area contributed by atoms with E-state index in [0.29, 0.717) is 48.7 Å². The second-order valence-corrected chi connectivity index (χ2v) is 13.7. The maximum atomic E-state index is 12.8. The van der Waals surface area contributed by atoms with Crippen molar-refractivity contribution >= 4 is 23.9 Å². The maximum Gasteiger partial charge on any atom is 0.311 e. The number of ether oxygens (including phenoxy) is 6. The van der Waals surface area contributed by atoms with Crippen molar-refractivity contribution in [3.63, 3.8) is 0 Å². The smallest absolute Gasteiger partial charge is 0.311 e. The number of carbonyl (C=O) groups is 4. The molecule has 0 fully saturated rings. The molecule has 10 nitrogen and oxygen atoms in total. The third-order valence-corrected chi connectivity index (χ3v) is 8.53. The van der Waals surface area contributed by atoms with E-state index in [0.717, 1.165) is 33.4 Å². The lowest BCUT2D eigenvalue weighted by molar-refractivity contribution is -0.143. The molecule has 0 spiro atoms. The van der Waals surface area contributed by atoms with Crippen LogP contribution in [0.5, 0.6) is 23.0 Å². The number of rotatable bonds is 24. The van der Waals surface area contributed by atoms with Gasteiger partial charge in [-0.3, -0.25) is 19.2 Å². The van der Waals surface area contributed by atoms with E-state index in [9.17, 15) is 19.2 Å². The number of hydrogen-bond acceptors (Lipinski definition) is 10. The molecule has 0 unspecified atom stereocenters. The fourth-order valence-electron chi connectivity index (χ4n) is 5.58. The van der Waals surface area contributed by atoms with Gasteiger partial charge in [0.1, 0.15) is 49.4 Å². The van der Waals surface area contributed by atoms with Crippen molar-refractivity contribution in [3.8, 4) is 23.0 Å². The van der Waals surface area contributed by atoms with Gasteiger partial charge in [-0.2, -0.15) is 0 Å². The molecular weight excluding hydrogens is 737 g/mol. The van der Waals surface area contributed by atoms with Crippen molar-refractivity contribution in [2.24, 2.45) is 0 Å². The maximum absolute atomic E-state index is 12.8. The summed E-state index contributed by atoms with van der Waals surface area (Å²) in [5.41, 5.74) is 4.76. The van der Waals surface area contributed by atoms with E-state index < -0.39 is 11.9 Å². The molecule has 0 saturated heterocycles. The average molecular weight is 789 g/mol. The Morgan fingerprint density at radius 1 is 0.448 bits per heavy atom. The van der Waals surface area contributed by atoms with Gasteiger partial charge in [0.25, 0.3) is 0 Å². The second-order valence-electron chi connectivity index (χ2n) is 13.7. The Morgan fingerprint density at radius 2 is 0.741 bits per heavy atom. The van der Waals surface area contributed by atoms with Gasteiger partial charge >= 0.3 is 23.9 Å². The first-order valence-corrected chi connectivity index (χ1v) is 19.3. The van der Waals surface area contributed by atoms with Crippen LogP contribution < -0.4 is 18.9 Å². The molecule has 10 heteroatoms. The summed E-state index contributed by atoms with van der Waals surface area (Å²) in [7, 11) is 0. The van der Waals surface area contributed by atoms with Gasteiger partial charge in [0, 0.05) is 12.8 Å². The molecule has 4 rings (SSSR count). The van der Waals surface area contributed by atoms with Crippen molar-refractivity contribution in [3.05, 3.63) is 156 Å². The molecule has 0 bridgehead atoms. The largest absolute Gasteiger partial charge is 0.489 e. The lowest BCUT2D eigenvalue weighted by atomic mass is 10.1. The molecule has 0 atom stereocenters. The zero-order valence-corrected chi connectivity index (χ0v) is 33.4. The molecule has 4 aromatic carbocycles. The predicted molar refractivity (Wildman–Crippen MR) is 222 cm³/mol. The Morgan fingerprint density at radius 3 is 1.09 bits per heavy atom. The van der Waals surface area contributed by atoms with Crippen molar-refractivity contribution in [1.29, 1.82) is 0 Å². The Labute approximate surface area is 341 Å². The van der Waals surface area contributed by atoms with Crippen LogP contribution in [-0.2, 0) is 54.3 Å². The van der Waals surface area contributed by atoms with E-state index in [-0.39, 0.29) is 64.0 Å². The van der Waals surface area contributed by atoms with Gasteiger partial charge < -0.3 is 28.4 Å². The molecule has 58 heavy (non-hydrogen) atoms. The molecule has 0 saturated carbocycles. The van der Waals surface area contributed by atoms with Crippen molar-refractivity contribution in [2.75, 3.05) is 26.4 Å². The quantitative estimate of drug-likeness (QED) is 0.0387. The molecule has 0 radical (unpaired) electrons. The fourth-order valence-corrected chi connectivity index (χ4v) is 5.58. The van der Waals surface area contributed by atoms with Crippen LogP contribution in [0.25, 0.3) is 0 Å². The molecule has 0 aromatic heterocycles. The lowest BCUT2D eigenvalue weighted by Crippen LogP contribution is -2.12. The van der Waals surface area contributed by atoms with Gasteiger partial charge in [-0.1, -0.05) is 86.0 Å². The van der Waals surface area contributed by atoms with Crippen LogP contribution in [-0.4, -0.2) is 50.3 Å². The summed E-state index contributed by atoms with van der Waals surface area (Å²) in [6, 6.07) is 29.4. The Kier molecular flexibility index (Phi) is 18.5. The minimum atomic E-state index is -0.391. The van der Waals surface area contributed by atoms with Gasteiger partial charge in [0.2, 0.25) is 0 Å². The summed E-state index contributed by atoms with van der Waals surface area (Å²) in [5.74, 6) is 0.712. The summed E-state index contributed by atoms with van der Waals surface area (Å²) >= 11 is 0. The molecule has 0 amide bonds. The van der Waals surface area contributed by atoms with Crippen LogP contribution >= 0.6 is 0 Å². The van der Waals surface area contributed by atoms with Gasteiger partial charge in [-0.05, 0) is 109 Å². The van der Waals surface area contributed by atoms with Crippen LogP contribution in [0.3, 0.4) is 0 Å². The Balaban J connectivity index is 1.19. The van der Waals surface area contributed by atoms with Crippen molar-refractivity contribution in [2.45, 2.75) is 65.2 Å². The Bertz CT molecular complexity index is 1900. The summed E-state index contributed by atoms with van der Waals surface area (Å²) < 4.78 is 33.7. The fraction of sp³-hybridized carbons (Fsp3) is 0.292. The van der Waals surface area contributed by atoms with E-state index in [2.05, 4.69) is 13.2 Å². The molecule has 0 N–H and O–H groups in total. The average Bonchev–Trinajstić information content (AvgIpc) is 3.21. The summed E-state index contributed by atoms with van der Waals surface area (Å²) in [6.07, 6.45) is 5.91. The highest BCUT2D eigenvalue weighted by Gasteiger charge is 2.15. The SMILES string of the molecule is C=C(C)COC(=O)CCc1ccccc1OC(=O)CCc1ccccc1OC/C=C/COc1ccccc1CCC(=O)Oc1ccccc1CCC(=O)OCC(=C)C. The Hall–Kier alpha value is -6.42. The highest BCUT2D eigenvalue weighted by molar-refractivity contribution is 5.74. The third-order valence-electron chi connectivity index (χ3n) is 8.53. The molecule has 0 aliphatic heterocycles. The molecule has 304 valence electrons. The monoisotopic (exact) mass is 788 g/mol. The molecule has 0 aliphatic carbocycles. The number of aryl methyl sites for hydroxylation is 4. The topological polar surface area (TPSA) is 124 Å². The zero-order chi connectivity index (χ0) is 41.5.